The van der Waals surface area contributed by atoms with Crippen molar-refractivity contribution in [2.45, 2.75) is 91.9 Å². The highest BCUT2D eigenvalue weighted by Crippen LogP contribution is 2.21. The Kier molecular flexibility index (Phi) is 15.9. The molecule has 45 heavy (non-hydrogen) atoms. The zero-order valence-corrected chi connectivity index (χ0v) is 29.4. The minimum absolute atomic E-state index is 0.117. The number of hydrogen-bond donors (Lipinski definition) is 0. The molecule has 0 bridgehead atoms. The van der Waals surface area contributed by atoms with Crippen LogP contribution in [0.25, 0.3) is 0 Å². The maximum Gasteiger partial charge on any atom is 0.140 e. The zero-order chi connectivity index (χ0) is 32.4. The van der Waals surface area contributed by atoms with Crippen LogP contribution < -0.4 is 0 Å². The molecule has 0 saturated heterocycles. The molecule has 0 spiro atoms. The van der Waals surface area contributed by atoms with Crippen molar-refractivity contribution < 1.29 is 8.78 Å². The van der Waals surface area contributed by atoms with Gasteiger partial charge in [0.1, 0.15) is 11.6 Å². The Morgan fingerprint density at radius 1 is 0.511 bits per heavy atom. The minimum Gasteiger partial charge on any atom is -0.207 e. The Labute approximate surface area is 284 Å². The van der Waals surface area contributed by atoms with Crippen LogP contribution in [0.15, 0.2) is 78.9 Å². The van der Waals surface area contributed by atoms with E-state index in [0.717, 1.165) is 71.9 Å². The van der Waals surface area contributed by atoms with Gasteiger partial charge in [-0.25, -0.2) is 8.78 Å². The molecular weight excluding hydrogens is 669 g/mol. The van der Waals surface area contributed by atoms with E-state index >= 15 is 0 Å². The molecule has 0 fully saturated rings. The van der Waals surface area contributed by atoms with Crippen LogP contribution in [0.3, 0.4) is 0 Å². The highest BCUT2D eigenvalue weighted by Gasteiger charge is 2.10. The summed E-state index contributed by atoms with van der Waals surface area (Å²) in [5.74, 6) is 12.3. The molecule has 4 aromatic rings. The lowest BCUT2D eigenvalue weighted by atomic mass is 10.0. The third-order valence-electron chi connectivity index (χ3n) is 7.54. The van der Waals surface area contributed by atoms with Crippen molar-refractivity contribution >= 4 is 22.6 Å². The topological polar surface area (TPSA) is 0 Å². The normalized spacial score (nSPS) is 10.2. The van der Waals surface area contributed by atoms with Crippen LogP contribution in [-0.2, 0) is 25.7 Å². The van der Waals surface area contributed by atoms with Crippen molar-refractivity contribution in [2.24, 2.45) is 0 Å². The summed E-state index contributed by atoms with van der Waals surface area (Å²) < 4.78 is 28.8. The molecule has 0 amide bonds. The Morgan fingerprint density at radius 3 is 1.49 bits per heavy atom. The van der Waals surface area contributed by atoms with Gasteiger partial charge in [-0.15, -0.1) is 0 Å². The lowest BCUT2D eigenvalue weighted by Crippen LogP contribution is -1.97. The van der Waals surface area contributed by atoms with Crippen molar-refractivity contribution in [3.63, 3.8) is 0 Å². The molecule has 4 rings (SSSR count). The van der Waals surface area contributed by atoms with E-state index in [4.69, 9.17) is 0 Å². The van der Waals surface area contributed by atoms with Gasteiger partial charge in [0.2, 0.25) is 0 Å². The van der Waals surface area contributed by atoms with Gasteiger partial charge in [0.05, 0.1) is 0 Å². The molecular formula is C42H45F2I. The molecule has 0 aliphatic carbocycles. The van der Waals surface area contributed by atoms with E-state index in [0.29, 0.717) is 3.57 Å². The molecule has 0 radical (unpaired) electrons. The standard InChI is InChI=1S/C21H22FI.C21H23F/c1-3-5-7-16-8-10-17(11-9-16)12-13-18-14-15-20(23)21(22)19(18)6-4-2;1-3-5-8-17-11-13-18(14-12-17)15-16-19-9-6-10-21(22)20(19)7-4-2/h8-11,14-15H,3-7H2,1-2H3;6,9-14H,3-5,7-8H2,1-2H3. The number of aryl methyl sites for hydroxylation is 2. The third-order valence-corrected chi connectivity index (χ3v) is 8.38. The molecule has 0 N–H and O–H groups in total. The van der Waals surface area contributed by atoms with E-state index in [-0.39, 0.29) is 11.6 Å². The summed E-state index contributed by atoms with van der Waals surface area (Å²) in [7, 11) is 0. The van der Waals surface area contributed by atoms with E-state index in [1.807, 2.05) is 34.7 Å². The molecule has 0 unspecified atom stereocenters. The van der Waals surface area contributed by atoms with Gasteiger partial charge in [-0.05, 0) is 121 Å². The number of rotatable bonds is 10. The number of halogens is 3. The van der Waals surface area contributed by atoms with Crippen LogP contribution in [-0.4, -0.2) is 0 Å². The van der Waals surface area contributed by atoms with Gasteiger partial charge in [0.25, 0.3) is 0 Å². The average Bonchev–Trinajstić information content (AvgIpc) is 3.06. The second kappa shape index (κ2) is 19.9. The number of benzene rings is 4. The van der Waals surface area contributed by atoms with Crippen LogP contribution in [0.5, 0.6) is 0 Å². The summed E-state index contributed by atoms with van der Waals surface area (Å²) in [5, 5.41) is 0. The quantitative estimate of drug-likeness (QED) is 0.113. The van der Waals surface area contributed by atoms with Crippen LogP contribution >= 0.6 is 22.6 Å². The monoisotopic (exact) mass is 714 g/mol. The Morgan fingerprint density at radius 2 is 1.00 bits per heavy atom. The molecule has 234 valence electrons. The highest BCUT2D eigenvalue weighted by molar-refractivity contribution is 14.1. The van der Waals surface area contributed by atoms with Gasteiger partial charge in [0, 0.05) is 37.0 Å². The Hall–Kier alpha value is -3.41. The summed E-state index contributed by atoms with van der Waals surface area (Å²) in [6.45, 7) is 8.52. The van der Waals surface area contributed by atoms with Crippen molar-refractivity contribution in [1.29, 1.82) is 0 Å². The number of unbranched alkanes of at least 4 members (excludes halogenated alkanes) is 2. The van der Waals surface area contributed by atoms with E-state index in [2.05, 4.69) is 99.9 Å². The lowest BCUT2D eigenvalue weighted by molar-refractivity contribution is 0.599. The molecule has 0 atom stereocenters. The van der Waals surface area contributed by atoms with E-state index in [1.54, 1.807) is 12.1 Å². The predicted molar refractivity (Wildman–Crippen MR) is 196 cm³/mol. The first-order valence-corrected chi connectivity index (χ1v) is 17.4. The van der Waals surface area contributed by atoms with Gasteiger partial charge in [-0.3, -0.25) is 0 Å². The summed E-state index contributed by atoms with van der Waals surface area (Å²) in [5.41, 5.74) is 7.74. The van der Waals surface area contributed by atoms with Gasteiger partial charge >= 0.3 is 0 Å². The first-order valence-electron chi connectivity index (χ1n) is 16.4. The second-order valence-corrected chi connectivity index (χ2v) is 12.4. The molecule has 0 nitrogen and oxygen atoms in total. The fourth-order valence-electron chi connectivity index (χ4n) is 4.93. The average molecular weight is 715 g/mol. The molecule has 0 aromatic heterocycles. The van der Waals surface area contributed by atoms with E-state index in [1.165, 1.54) is 42.9 Å². The zero-order valence-electron chi connectivity index (χ0n) is 27.2. The summed E-state index contributed by atoms with van der Waals surface area (Å²) in [6.07, 6.45) is 10.4. The predicted octanol–water partition coefficient (Wildman–Crippen LogP) is 11.6. The van der Waals surface area contributed by atoms with Crippen LogP contribution in [0.1, 0.15) is 111 Å². The third kappa shape index (κ3) is 11.8. The summed E-state index contributed by atoms with van der Waals surface area (Å²) >= 11 is 2.04. The van der Waals surface area contributed by atoms with Crippen molar-refractivity contribution in [3.05, 3.63) is 139 Å². The van der Waals surface area contributed by atoms with E-state index < -0.39 is 0 Å². The molecule has 0 aliphatic rings. The summed E-state index contributed by atoms with van der Waals surface area (Å²) in [4.78, 5) is 0. The molecule has 0 heterocycles. The van der Waals surface area contributed by atoms with Gasteiger partial charge in [0.15, 0.2) is 0 Å². The Bertz CT molecular complexity index is 1610. The first-order chi connectivity index (χ1) is 21.9. The smallest absolute Gasteiger partial charge is 0.140 e. The second-order valence-electron chi connectivity index (χ2n) is 11.3. The highest BCUT2D eigenvalue weighted by atomic mass is 127. The first kappa shape index (κ1) is 36.1. The van der Waals surface area contributed by atoms with Crippen molar-refractivity contribution in [1.82, 2.24) is 0 Å². The SMILES string of the molecule is CCCCc1ccc(C#Cc2ccc(I)c(F)c2CCC)cc1.CCCCc1ccc(C#Cc2cccc(F)c2CCC)cc1. The van der Waals surface area contributed by atoms with Crippen LogP contribution in [0, 0.1) is 38.9 Å². The summed E-state index contributed by atoms with van der Waals surface area (Å²) in [6, 6.07) is 25.6. The van der Waals surface area contributed by atoms with Crippen molar-refractivity contribution in [3.8, 4) is 23.7 Å². The molecule has 0 saturated carbocycles. The van der Waals surface area contributed by atoms with Gasteiger partial charge in [-0.1, -0.05) is 107 Å². The maximum atomic E-state index is 14.3. The largest absolute Gasteiger partial charge is 0.207 e. The van der Waals surface area contributed by atoms with E-state index in [9.17, 15) is 8.78 Å². The fourth-order valence-corrected chi connectivity index (χ4v) is 5.44. The molecule has 4 aromatic carbocycles. The lowest BCUT2D eigenvalue weighted by Gasteiger charge is -2.06. The van der Waals surface area contributed by atoms with Gasteiger partial charge < -0.3 is 0 Å². The molecule has 3 heteroatoms. The van der Waals surface area contributed by atoms with Gasteiger partial charge in [-0.2, -0.15) is 0 Å². The van der Waals surface area contributed by atoms with Crippen LogP contribution in [0.4, 0.5) is 8.78 Å². The fraction of sp³-hybridized carbons (Fsp3) is 0.333. The van der Waals surface area contributed by atoms with Crippen LogP contribution in [0.2, 0.25) is 0 Å². The minimum atomic E-state index is -0.149. The Balaban J connectivity index is 0.000000246. The molecule has 0 aliphatic heterocycles. The maximum absolute atomic E-state index is 14.3. The van der Waals surface area contributed by atoms with Crippen molar-refractivity contribution in [2.75, 3.05) is 0 Å². The number of hydrogen-bond acceptors (Lipinski definition) is 0.